The Morgan fingerprint density at radius 1 is 0.927 bits per heavy atom. The number of ether oxygens (including phenoxy) is 2. The number of pyridine rings is 2. The molecule has 1 aliphatic heterocycles. The number of hydrogen-bond donors (Lipinski definition) is 1. The molecule has 6 rings (SSSR count). The monoisotopic (exact) mass is 572 g/mol. The Balaban J connectivity index is 1.26. The minimum atomic E-state index is -3.92. The molecular formula is C30H32N6O4S. The fourth-order valence-electron chi connectivity index (χ4n) is 5.24. The lowest BCUT2D eigenvalue weighted by molar-refractivity contribution is 0.144. The fourth-order valence-corrected chi connectivity index (χ4v) is 6.75. The molecule has 1 N–H and O–H groups in total. The molecule has 1 fully saturated rings. The van der Waals surface area contributed by atoms with E-state index in [2.05, 4.69) is 31.2 Å². The fraction of sp³-hybridized carbons (Fsp3) is 0.267. The van der Waals surface area contributed by atoms with Gasteiger partial charge in [0, 0.05) is 87.0 Å². The van der Waals surface area contributed by atoms with E-state index in [9.17, 15) is 8.42 Å². The van der Waals surface area contributed by atoms with Gasteiger partial charge in [-0.1, -0.05) is 18.2 Å². The summed E-state index contributed by atoms with van der Waals surface area (Å²) in [4.78, 5) is 13.8. The first-order valence-electron chi connectivity index (χ1n) is 13.5. The van der Waals surface area contributed by atoms with Gasteiger partial charge in [-0.2, -0.15) is 0 Å². The maximum absolute atomic E-state index is 13.8. The van der Waals surface area contributed by atoms with Crippen LogP contribution in [-0.2, 0) is 14.8 Å². The van der Waals surface area contributed by atoms with Crippen molar-refractivity contribution in [3.63, 3.8) is 0 Å². The highest BCUT2D eigenvalue weighted by atomic mass is 32.2. The summed E-state index contributed by atoms with van der Waals surface area (Å²) in [7, 11) is -0.551. The first kappa shape index (κ1) is 27.0. The molecule has 0 radical (unpaired) electrons. The van der Waals surface area contributed by atoms with Crippen LogP contribution in [0, 0.1) is 0 Å². The molecule has 5 aromatic rings. The highest BCUT2D eigenvalue weighted by Crippen LogP contribution is 2.33. The molecule has 41 heavy (non-hydrogen) atoms. The van der Waals surface area contributed by atoms with Gasteiger partial charge in [-0.05, 0) is 30.3 Å². The Labute approximate surface area is 239 Å². The number of anilines is 3. The van der Waals surface area contributed by atoms with Crippen LogP contribution in [0.1, 0.15) is 0 Å². The molecule has 212 valence electrons. The lowest BCUT2D eigenvalue weighted by Gasteiger charge is -2.36. The summed E-state index contributed by atoms with van der Waals surface area (Å²) in [6.45, 7) is 5.49. The summed E-state index contributed by atoms with van der Waals surface area (Å²) in [6.07, 6.45) is 4.81. The largest absolute Gasteiger partial charge is 0.494 e. The molecule has 0 amide bonds. The Hall–Kier alpha value is -4.19. The number of nitrogens with zero attached hydrogens (tertiary/aromatic N) is 5. The average molecular weight is 573 g/mol. The van der Waals surface area contributed by atoms with Gasteiger partial charge in [0.2, 0.25) is 0 Å². The van der Waals surface area contributed by atoms with Gasteiger partial charge in [-0.25, -0.2) is 17.4 Å². The molecule has 0 spiro atoms. The van der Waals surface area contributed by atoms with Crippen LogP contribution in [-0.4, -0.2) is 80.8 Å². The molecule has 1 aliphatic rings. The first-order chi connectivity index (χ1) is 20.0. The van der Waals surface area contributed by atoms with Crippen molar-refractivity contribution in [3.05, 3.63) is 79.3 Å². The minimum absolute atomic E-state index is 0.149. The van der Waals surface area contributed by atoms with Crippen molar-refractivity contribution in [3.8, 4) is 5.75 Å². The Morgan fingerprint density at radius 2 is 1.76 bits per heavy atom. The van der Waals surface area contributed by atoms with E-state index >= 15 is 0 Å². The Kier molecular flexibility index (Phi) is 7.48. The zero-order chi connectivity index (χ0) is 28.4. The van der Waals surface area contributed by atoms with E-state index in [1.807, 2.05) is 24.3 Å². The summed E-state index contributed by atoms with van der Waals surface area (Å²) in [5.74, 6) is 1.18. The van der Waals surface area contributed by atoms with Gasteiger partial charge in [0.1, 0.15) is 16.5 Å². The number of para-hydroxylation sites is 1. The van der Waals surface area contributed by atoms with Gasteiger partial charge in [0.25, 0.3) is 10.0 Å². The maximum atomic E-state index is 13.8. The quantitative estimate of drug-likeness (QED) is 0.276. The Bertz CT molecular complexity index is 1790. The minimum Gasteiger partial charge on any atom is -0.494 e. The first-order valence-corrected chi connectivity index (χ1v) is 14.9. The van der Waals surface area contributed by atoms with E-state index < -0.39 is 10.0 Å². The second kappa shape index (κ2) is 11.4. The second-order valence-electron chi connectivity index (χ2n) is 9.91. The number of methoxy groups -OCH3 is 2. The van der Waals surface area contributed by atoms with Gasteiger partial charge >= 0.3 is 0 Å². The van der Waals surface area contributed by atoms with Crippen LogP contribution in [0.2, 0.25) is 0 Å². The Morgan fingerprint density at radius 3 is 2.56 bits per heavy atom. The van der Waals surface area contributed by atoms with Crippen LogP contribution in [0.25, 0.3) is 21.8 Å². The number of rotatable bonds is 9. The van der Waals surface area contributed by atoms with Crippen molar-refractivity contribution >= 4 is 49.0 Å². The zero-order valence-corrected chi connectivity index (χ0v) is 23.8. The van der Waals surface area contributed by atoms with Crippen molar-refractivity contribution < 1.29 is 17.9 Å². The van der Waals surface area contributed by atoms with Crippen LogP contribution in [0.5, 0.6) is 5.75 Å². The molecule has 0 saturated carbocycles. The number of benzene rings is 2. The van der Waals surface area contributed by atoms with E-state index in [-0.39, 0.29) is 4.90 Å². The third-order valence-corrected chi connectivity index (χ3v) is 9.19. The summed E-state index contributed by atoms with van der Waals surface area (Å²) < 4.78 is 39.8. The number of aromatic nitrogens is 3. The average Bonchev–Trinajstić information content (AvgIpc) is 3.44. The lowest BCUT2D eigenvalue weighted by atomic mass is 10.2. The van der Waals surface area contributed by atoms with Crippen molar-refractivity contribution in [2.45, 2.75) is 4.90 Å². The predicted octanol–water partition coefficient (Wildman–Crippen LogP) is 4.34. The number of nitrogens with one attached hydrogen (secondary N) is 1. The van der Waals surface area contributed by atoms with Gasteiger partial charge in [0.15, 0.2) is 0 Å². The second-order valence-corrected chi connectivity index (χ2v) is 11.7. The van der Waals surface area contributed by atoms with Crippen LogP contribution in [0.3, 0.4) is 0 Å². The SMILES string of the molecule is COCCN1CCN(c2ccc(Nc3cc4c(ccn4S(=O)(=O)c4cccc5cccnc45)cn3)c(OC)c2)CC1. The molecule has 0 unspecified atom stereocenters. The smallest absolute Gasteiger partial charge is 0.270 e. The van der Waals surface area contributed by atoms with Gasteiger partial charge in [-0.3, -0.25) is 9.88 Å². The van der Waals surface area contributed by atoms with Crippen LogP contribution in [0.15, 0.2) is 84.1 Å². The molecule has 1 saturated heterocycles. The topological polar surface area (TPSA) is 102 Å². The van der Waals surface area contributed by atoms with E-state index in [1.165, 1.54) is 3.97 Å². The molecule has 0 aliphatic carbocycles. The summed E-state index contributed by atoms with van der Waals surface area (Å²) in [5.41, 5.74) is 2.77. The van der Waals surface area contributed by atoms with Crippen LogP contribution in [0.4, 0.5) is 17.2 Å². The molecule has 2 aromatic carbocycles. The van der Waals surface area contributed by atoms with E-state index in [4.69, 9.17) is 9.47 Å². The van der Waals surface area contributed by atoms with E-state index in [0.29, 0.717) is 28.0 Å². The maximum Gasteiger partial charge on any atom is 0.270 e. The molecule has 3 aromatic heterocycles. The number of fused-ring (bicyclic) bond motifs is 2. The lowest BCUT2D eigenvalue weighted by Crippen LogP contribution is -2.47. The third-order valence-electron chi connectivity index (χ3n) is 7.47. The van der Waals surface area contributed by atoms with E-state index in [1.54, 1.807) is 63.1 Å². The van der Waals surface area contributed by atoms with Crippen LogP contribution >= 0.6 is 0 Å². The third kappa shape index (κ3) is 5.31. The molecule has 0 atom stereocenters. The number of hydrogen-bond acceptors (Lipinski definition) is 9. The van der Waals surface area contributed by atoms with Crippen molar-refractivity contribution in [1.82, 2.24) is 18.8 Å². The van der Waals surface area contributed by atoms with Crippen molar-refractivity contribution in [2.24, 2.45) is 0 Å². The zero-order valence-electron chi connectivity index (χ0n) is 23.0. The molecule has 11 heteroatoms. The molecule has 10 nitrogen and oxygen atoms in total. The molecule has 0 bridgehead atoms. The van der Waals surface area contributed by atoms with Crippen molar-refractivity contribution in [2.75, 3.05) is 63.8 Å². The van der Waals surface area contributed by atoms with E-state index in [0.717, 1.165) is 56.1 Å². The number of piperazine rings is 1. The highest BCUT2D eigenvalue weighted by Gasteiger charge is 2.23. The van der Waals surface area contributed by atoms with Gasteiger partial charge in [-0.15, -0.1) is 0 Å². The van der Waals surface area contributed by atoms with Gasteiger partial charge < -0.3 is 19.7 Å². The highest BCUT2D eigenvalue weighted by molar-refractivity contribution is 7.90. The summed E-state index contributed by atoms with van der Waals surface area (Å²) in [5, 5.41) is 4.79. The van der Waals surface area contributed by atoms with Gasteiger partial charge in [0.05, 0.1) is 30.4 Å². The standard InChI is InChI=1S/C30H32N6O4S/c1-39-18-17-34-13-15-35(16-14-34)24-8-9-25(27(19-24)40-2)33-29-20-26-23(21-32-29)10-12-36(26)41(37,38)28-7-3-5-22-6-4-11-31-30(22)28/h3-12,19-21H,13-18H2,1-2H3,(H,32,33). The molecular weight excluding hydrogens is 540 g/mol. The molecule has 4 heterocycles. The predicted molar refractivity (Wildman–Crippen MR) is 161 cm³/mol. The summed E-state index contributed by atoms with van der Waals surface area (Å²) in [6, 6.07) is 18.3. The summed E-state index contributed by atoms with van der Waals surface area (Å²) >= 11 is 0. The van der Waals surface area contributed by atoms with Crippen molar-refractivity contribution in [1.29, 1.82) is 0 Å². The van der Waals surface area contributed by atoms with Crippen LogP contribution < -0.4 is 15.0 Å². The normalized spacial score (nSPS) is 14.5.